The van der Waals surface area contributed by atoms with Gasteiger partial charge in [0, 0.05) is 11.1 Å². The van der Waals surface area contributed by atoms with Crippen LogP contribution in [0.25, 0.3) is 28.8 Å². The fraction of sp³-hybridized carbons (Fsp3) is 0.130. The number of allylic oxidation sites excluding steroid dienone is 6. The monoisotopic (exact) mass is 356 g/mol. The van der Waals surface area contributed by atoms with Crippen molar-refractivity contribution >= 4 is 40.5 Å². The van der Waals surface area contributed by atoms with Gasteiger partial charge in [-0.05, 0) is 36.5 Å². The molecule has 0 radical (unpaired) electrons. The van der Waals surface area contributed by atoms with Crippen molar-refractivity contribution in [2.75, 3.05) is 0 Å². The molecule has 0 amide bonds. The minimum Gasteiger partial charge on any atom is -0.172 e. The first-order chi connectivity index (χ1) is 12.8. The molecule has 26 heavy (non-hydrogen) atoms. The Morgan fingerprint density at radius 1 is 1.00 bits per heavy atom. The van der Waals surface area contributed by atoms with Crippen LogP contribution in [0.15, 0.2) is 72.8 Å². The van der Waals surface area contributed by atoms with Crippen molar-refractivity contribution in [2.24, 2.45) is 5.92 Å². The largest absolute Gasteiger partial charge is 0.172 e. The summed E-state index contributed by atoms with van der Waals surface area (Å²) in [7, 11) is 0. The molecule has 0 aliphatic heterocycles. The van der Waals surface area contributed by atoms with Crippen molar-refractivity contribution in [1.82, 2.24) is 8.75 Å². The molecule has 3 aromatic rings. The van der Waals surface area contributed by atoms with Crippen LogP contribution in [0.3, 0.4) is 0 Å². The van der Waals surface area contributed by atoms with Crippen LogP contribution in [0.4, 0.5) is 0 Å². The third kappa shape index (κ3) is 3.58. The zero-order valence-electron chi connectivity index (χ0n) is 14.7. The van der Waals surface area contributed by atoms with Gasteiger partial charge in [-0.2, -0.15) is 8.75 Å². The predicted octanol–water partition coefficient (Wildman–Crippen LogP) is 6.40. The molecule has 4 rings (SSSR count). The van der Waals surface area contributed by atoms with E-state index in [0.29, 0.717) is 5.92 Å². The van der Waals surface area contributed by atoms with Gasteiger partial charge < -0.3 is 0 Å². The van der Waals surface area contributed by atoms with Gasteiger partial charge in [0.2, 0.25) is 0 Å². The molecule has 0 saturated carbocycles. The fourth-order valence-electron chi connectivity index (χ4n) is 3.14. The molecule has 0 N–H and O–H groups in total. The Morgan fingerprint density at radius 2 is 1.77 bits per heavy atom. The van der Waals surface area contributed by atoms with E-state index in [1.165, 1.54) is 22.9 Å². The Hall–Kier alpha value is -2.78. The standard InChI is InChI=1S/C23H20N2S/c1-17(19-10-6-3-7-11-19)16-21-15-14-20(22-23(21)25-26-24-22)13-12-18-8-4-2-5-9-18/h2-8,10-16,18H,9H2,1H3/b13-12+,17-16+. The topological polar surface area (TPSA) is 25.8 Å². The number of hydrogen-bond acceptors (Lipinski definition) is 3. The van der Waals surface area contributed by atoms with Crippen molar-refractivity contribution in [3.8, 4) is 0 Å². The SMILES string of the molecule is C/C(=C\c1ccc(/C=C/C2C=CC=CC2)c2nsnc12)c1ccccc1. The van der Waals surface area contributed by atoms with Gasteiger partial charge in [0.25, 0.3) is 0 Å². The van der Waals surface area contributed by atoms with E-state index in [4.69, 9.17) is 0 Å². The molecule has 1 unspecified atom stereocenters. The van der Waals surface area contributed by atoms with Crippen LogP contribution in [0.5, 0.6) is 0 Å². The molecule has 0 spiro atoms. The molecule has 1 aromatic heterocycles. The molecule has 1 aliphatic rings. The second-order valence-corrected chi connectivity index (χ2v) is 7.00. The van der Waals surface area contributed by atoms with E-state index in [1.54, 1.807) is 0 Å². The predicted molar refractivity (Wildman–Crippen MR) is 113 cm³/mol. The minimum absolute atomic E-state index is 0.460. The number of rotatable bonds is 4. The zero-order valence-corrected chi connectivity index (χ0v) is 15.5. The van der Waals surface area contributed by atoms with E-state index < -0.39 is 0 Å². The van der Waals surface area contributed by atoms with E-state index in [9.17, 15) is 0 Å². The molecule has 0 bridgehead atoms. The Kier molecular flexibility index (Phi) is 4.89. The second-order valence-electron chi connectivity index (χ2n) is 6.47. The molecule has 1 heterocycles. The van der Waals surface area contributed by atoms with Gasteiger partial charge in [-0.15, -0.1) is 0 Å². The van der Waals surface area contributed by atoms with Gasteiger partial charge in [0.05, 0.1) is 11.7 Å². The highest BCUT2D eigenvalue weighted by Gasteiger charge is 2.09. The maximum atomic E-state index is 4.55. The summed E-state index contributed by atoms with van der Waals surface area (Å²) >= 11 is 1.28. The van der Waals surface area contributed by atoms with Crippen LogP contribution in [0, 0.1) is 5.92 Å². The van der Waals surface area contributed by atoms with E-state index >= 15 is 0 Å². The molecule has 1 atom stereocenters. The number of nitrogens with zero attached hydrogens (tertiary/aromatic N) is 2. The van der Waals surface area contributed by atoms with E-state index in [0.717, 1.165) is 28.6 Å². The van der Waals surface area contributed by atoms with E-state index in [-0.39, 0.29) is 0 Å². The van der Waals surface area contributed by atoms with Crippen molar-refractivity contribution in [3.63, 3.8) is 0 Å². The van der Waals surface area contributed by atoms with Crippen LogP contribution < -0.4 is 0 Å². The Labute approximate surface area is 158 Å². The van der Waals surface area contributed by atoms with Crippen LogP contribution in [0.2, 0.25) is 0 Å². The molecular formula is C23H20N2S. The molecule has 2 nitrogen and oxygen atoms in total. The molecule has 0 saturated heterocycles. The first-order valence-corrected chi connectivity index (χ1v) is 9.55. The van der Waals surface area contributed by atoms with Crippen molar-refractivity contribution in [1.29, 1.82) is 0 Å². The average Bonchev–Trinajstić information content (AvgIpc) is 3.19. The van der Waals surface area contributed by atoms with Crippen LogP contribution in [-0.2, 0) is 0 Å². The Morgan fingerprint density at radius 3 is 2.54 bits per heavy atom. The van der Waals surface area contributed by atoms with Crippen LogP contribution in [-0.4, -0.2) is 8.75 Å². The van der Waals surface area contributed by atoms with Crippen molar-refractivity contribution < 1.29 is 0 Å². The van der Waals surface area contributed by atoms with E-state index in [1.807, 2.05) is 6.07 Å². The molecular weight excluding hydrogens is 336 g/mol. The summed E-state index contributed by atoms with van der Waals surface area (Å²) in [5, 5.41) is 0. The molecule has 0 fully saturated rings. The number of benzene rings is 2. The van der Waals surface area contributed by atoms with Gasteiger partial charge in [0.15, 0.2) is 0 Å². The van der Waals surface area contributed by atoms with Crippen molar-refractivity contribution in [3.05, 3.63) is 89.5 Å². The molecule has 128 valence electrons. The summed E-state index contributed by atoms with van der Waals surface area (Å²) < 4.78 is 9.09. The summed E-state index contributed by atoms with van der Waals surface area (Å²) in [5.41, 5.74) is 6.66. The summed E-state index contributed by atoms with van der Waals surface area (Å²) in [5.74, 6) is 0.460. The van der Waals surface area contributed by atoms with Crippen LogP contribution >= 0.6 is 11.7 Å². The fourth-order valence-corrected chi connectivity index (χ4v) is 3.73. The molecule has 2 aromatic carbocycles. The molecule has 1 aliphatic carbocycles. The normalized spacial score (nSPS) is 17.4. The number of fused-ring (bicyclic) bond motifs is 1. The summed E-state index contributed by atoms with van der Waals surface area (Å²) in [6, 6.07) is 14.7. The molecule has 3 heteroatoms. The van der Waals surface area contributed by atoms with Crippen LogP contribution in [0.1, 0.15) is 30.0 Å². The van der Waals surface area contributed by atoms with Gasteiger partial charge >= 0.3 is 0 Å². The van der Waals surface area contributed by atoms with Gasteiger partial charge in [0.1, 0.15) is 11.0 Å². The van der Waals surface area contributed by atoms with Gasteiger partial charge in [-0.3, -0.25) is 0 Å². The number of hydrogen-bond donors (Lipinski definition) is 0. The third-order valence-corrected chi connectivity index (χ3v) is 5.14. The highest BCUT2D eigenvalue weighted by molar-refractivity contribution is 7.00. The summed E-state index contributed by atoms with van der Waals surface area (Å²) in [6.07, 6.45) is 16.3. The first kappa shape index (κ1) is 16.7. The lowest BCUT2D eigenvalue weighted by Gasteiger charge is -2.07. The quantitative estimate of drug-likeness (QED) is 0.506. The average molecular weight is 356 g/mol. The maximum absolute atomic E-state index is 4.55. The van der Waals surface area contributed by atoms with Gasteiger partial charge in [-0.25, -0.2) is 0 Å². The third-order valence-electron chi connectivity index (χ3n) is 4.62. The van der Waals surface area contributed by atoms with Gasteiger partial charge in [-0.1, -0.05) is 78.9 Å². The number of aromatic nitrogens is 2. The highest BCUT2D eigenvalue weighted by Crippen LogP contribution is 2.27. The summed E-state index contributed by atoms with van der Waals surface area (Å²) in [6.45, 7) is 2.14. The zero-order chi connectivity index (χ0) is 17.8. The first-order valence-electron chi connectivity index (χ1n) is 8.82. The minimum atomic E-state index is 0.460. The summed E-state index contributed by atoms with van der Waals surface area (Å²) in [4.78, 5) is 0. The second kappa shape index (κ2) is 7.63. The Bertz CT molecular complexity index is 1020. The van der Waals surface area contributed by atoms with E-state index in [2.05, 4.69) is 94.6 Å². The smallest absolute Gasteiger partial charge is 0.112 e. The maximum Gasteiger partial charge on any atom is 0.112 e. The highest BCUT2D eigenvalue weighted by atomic mass is 32.1. The lowest BCUT2D eigenvalue weighted by atomic mass is 9.98. The van der Waals surface area contributed by atoms with Crippen molar-refractivity contribution in [2.45, 2.75) is 13.3 Å². The lowest BCUT2D eigenvalue weighted by Crippen LogP contribution is -1.92. The lowest BCUT2D eigenvalue weighted by molar-refractivity contribution is 0.826. The Balaban J connectivity index is 1.67.